The van der Waals surface area contributed by atoms with E-state index >= 15 is 0 Å². The highest BCUT2D eigenvalue weighted by Crippen LogP contribution is 2.26. The van der Waals surface area contributed by atoms with Gasteiger partial charge in [-0.25, -0.2) is 4.98 Å². The maximum atomic E-state index is 5.82. The Bertz CT molecular complexity index is 540. The molecule has 0 aliphatic heterocycles. The van der Waals surface area contributed by atoms with Crippen molar-refractivity contribution in [2.75, 3.05) is 13.7 Å². The standard InChI is InChI=1S/C14H17BrN2O2/c1-17-7-6-16-14(17)5-8-19-13-4-3-12(18-2)9-11(13)10-15/h3-4,6-7,9H,5,8,10H2,1-2H3. The van der Waals surface area contributed by atoms with E-state index in [0.717, 1.165) is 34.6 Å². The molecule has 0 aliphatic rings. The SMILES string of the molecule is COc1ccc(OCCc2nccn2C)c(CBr)c1. The Morgan fingerprint density at radius 1 is 1.37 bits per heavy atom. The lowest BCUT2D eigenvalue weighted by Gasteiger charge is -2.11. The number of hydrogen-bond acceptors (Lipinski definition) is 3. The van der Waals surface area contributed by atoms with Crippen LogP contribution in [0.1, 0.15) is 11.4 Å². The highest BCUT2D eigenvalue weighted by atomic mass is 79.9. The molecule has 0 amide bonds. The van der Waals surface area contributed by atoms with E-state index in [1.54, 1.807) is 13.3 Å². The van der Waals surface area contributed by atoms with E-state index in [0.29, 0.717) is 6.61 Å². The summed E-state index contributed by atoms with van der Waals surface area (Å²) in [6.45, 7) is 0.608. The number of nitrogens with zero attached hydrogens (tertiary/aromatic N) is 2. The quantitative estimate of drug-likeness (QED) is 0.766. The number of methoxy groups -OCH3 is 1. The molecule has 1 aromatic heterocycles. The van der Waals surface area contributed by atoms with Crippen molar-refractivity contribution in [2.24, 2.45) is 7.05 Å². The fourth-order valence-corrected chi connectivity index (χ4v) is 2.26. The second kappa shape index (κ2) is 6.61. The number of aryl methyl sites for hydroxylation is 1. The Hall–Kier alpha value is -1.49. The van der Waals surface area contributed by atoms with Crippen LogP contribution >= 0.6 is 15.9 Å². The van der Waals surface area contributed by atoms with E-state index in [2.05, 4.69) is 20.9 Å². The number of benzene rings is 1. The zero-order valence-corrected chi connectivity index (χ0v) is 12.7. The molecule has 0 N–H and O–H groups in total. The minimum Gasteiger partial charge on any atom is -0.497 e. The Morgan fingerprint density at radius 3 is 2.84 bits per heavy atom. The van der Waals surface area contributed by atoms with E-state index in [1.807, 2.05) is 36.0 Å². The van der Waals surface area contributed by atoms with Gasteiger partial charge in [0.15, 0.2) is 0 Å². The molecule has 5 heteroatoms. The summed E-state index contributed by atoms with van der Waals surface area (Å²) >= 11 is 3.46. The third-order valence-corrected chi connectivity index (χ3v) is 3.52. The van der Waals surface area contributed by atoms with Crippen LogP contribution in [-0.2, 0) is 18.8 Å². The second-order valence-electron chi connectivity index (χ2n) is 4.16. The fraction of sp³-hybridized carbons (Fsp3) is 0.357. The van der Waals surface area contributed by atoms with E-state index in [9.17, 15) is 0 Å². The molecule has 0 bridgehead atoms. The number of hydrogen-bond donors (Lipinski definition) is 0. The average molecular weight is 325 g/mol. The van der Waals surface area contributed by atoms with Gasteiger partial charge in [0.2, 0.25) is 0 Å². The molecule has 0 unspecified atom stereocenters. The minimum absolute atomic E-state index is 0.608. The summed E-state index contributed by atoms with van der Waals surface area (Å²) in [6, 6.07) is 5.82. The molecule has 1 aromatic carbocycles. The summed E-state index contributed by atoms with van der Waals surface area (Å²) in [5, 5.41) is 0.738. The first-order chi connectivity index (χ1) is 9.24. The molecule has 0 saturated carbocycles. The van der Waals surface area contributed by atoms with Crippen LogP contribution in [0, 0.1) is 0 Å². The van der Waals surface area contributed by atoms with E-state index in [4.69, 9.17) is 9.47 Å². The van der Waals surface area contributed by atoms with Crippen LogP contribution in [-0.4, -0.2) is 23.3 Å². The van der Waals surface area contributed by atoms with Gasteiger partial charge >= 0.3 is 0 Å². The molecule has 19 heavy (non-hydrogen) atoms. The lowest BCUT2D eigenvalue weighted by Crippen LogP contribution is -2.07. The van der Waals surface area contributed by atoms with Crippen molar-refractivity contribution >= 4 is 15.9 Å². The normalized spacial score (nSPS) is 10.5. The monoisotopic (exact) mass is 324 g/mol. The van der Waals surface area contributed by atoms with Gasteiger partial charge in [0.1, 0.15) is 17.3 Å². The average Bonchev–Trinajstić information content (AvgIpc) is 2.84. The zero-order valence-electron chi connectivity index (χ0n) is 11.1. The third-order valence-electron chi connectivity index (χ3n) is 2.92. The van der Waals surface area contributed by atoms with Gasteiger partial charge in [-0.05, 0) is 18.2 Å². The van der Waals surface area contributed by atoms with Crippen LogP contribution in [0.5, 0.6) is 11.5 Å². The topological polar surface area (TPSA) is 36.3 Å². The summed E-state index contributed by atoms with van der Waals surface area (Å²) in [5.41, 5.74) is 1.08. The number of halogens is 1. The molecule has 2 rings (SSSR count). The lowest BCUT2D eigenvalue weighted by molar-refractivity contribution is 0.314. The molecule has 0 atom stereocenters. The Kier molecular flexibility index (Phi) is 4.85. The van der Waals surface area contributed by atoms with Crippen molar-refractivity contribution in [2.45, 2.75) is 11.8 Å². The summed E-state index contributed by atoms with van der Waals surface area (Å²) in [6.07, 6.45) is 4.52. The van der Waals surface area contributed by atoms with Crippen molar-refractivity contribution in [1.29, 1.82) is 0 Å². The van der Waals surface area contributed by atoms with Gasteiger partial charge in [-0.2, -0.15) is 0 Å². The largest absolute Gasteiger partial charge is 0.497 e. The van der Waals surface area contributed by atoms with Gasteiger partial charge < -0.3 is 14.0 Å². The molecule has 1 heterocycles. The molecular weight excluding hydrogens is 308 g/mol. The van der Waals surface area contributed by atoms with E-state index in [-0.39, 0.29) is 0 Å². The Morgan fingerprint density at radius 2 is 2.21 bits per heavy atom. The molecule has 102 valence electrons. The zero-order chi connectivity index (χ0) is 13.7. The number of alkyl halides is 1. The molecule has 0 fully saturated rings. The Balaban J connectivity index is 1.97. The predicted molar refractivity (Wildman–Crippen MR) is 78.0 cm³/mol. The van der Waals surface area contributed by atoms with Crippen LogP contribution in [0.25, 0.3) is 0 Å². The van der Waals surface area contributed by atoms with Crippen LogP contribution in [0.15, 0.2) is 30.6 Å². The van der Waals surface area contributed by atoms with Crippen LogP contribution in [0.2, 0.25) is 0 Å². The first-order valence-corrected chi connectivity index (χ1v) is 7.18. The highest BCUT2D eigenvalue weighted by molar-refractivity contribution is 9.08. The van der Waals surface area contributed by atoms with Gasteiger partial charge in [0.25, 0.3) is 0 Å². The molecule has 0 radical (unpaired) electrons. The molecule has 0 saturated heterocycles. The van der Waals surface area contributed by atoms with Crippen molar-refractivity contribution in [3.63, 3.8) is 0 Å². The van der Waals surface area contributed by atoms with Crippen molar-refractivity contribution in [3.8, 4) is 11.5 Å². The molecule has 4 nitrogen and oxygen atoms in total. The number of ether oxygens (including phenoxy) is 2. The first kappa shape index (κ1) is 13.9. The maximum Gasteiger partial charge on any atom is 0.123 e. The lowest BCUT2D eigenvalue weighted by atomic mass is 10.2. The number of imidazole rings is 1. The van der Waals surface area contributed by atoms with Gasteiger partial charge in [-0.1, -0.05) is 15.9 Å². The molecule has 0 aliphatic carbocycles. The first-order valence-electron chi connectivity index (χ1n) is 6.06. The Labute approximate surface area is 121 Å². The summed E-state index contributed by atoms with van der Waals surface area (Å²) in [4.78, 5) is 4.27. The minimum atomic E-state index is 0.608. The predicted octanol–water partition coefficient (Wildman–Crippen LogP) is 2.95. The van der Waals surface area contributed by atoms with Crippen LogP contribution in [0.4, 0.5) is 0 Å². The molecule has 2 aromatic rings. The maximum absolute atomic E-state index is 5.82. The van der Waals surface area contributed by atoms with Gasteiger partial charge in [0.05, 0.1) is 13.7 Å². The second-order valence-corrected chi connectivity index (χ2v) is 4.72. The highest BCUT2D eigenvalue weighted by Gasteiger charge is 2.06. The number of rotatable bonds is 6. The van der Waals surface area contributed by atoms with Crippen molar-refractivity contribution in [3.05, 3.63) is 42.0 Å². The van der Waals surface area contributed by atoms with Gasteiger partial charge in [-0.3, -0.25) is 0 Å². The van der Waals surface area contributed by atoms with E-state index in [1.165, 1.54) is 0 Å². The molecular formula is C14H17BrN2O2. The van der Waals surface area contributed by atoms with Crippen LogP contribution < -0.4 is 9.47 Å². The van der Waals surface area contributed by atoms with Gasteiger partial charge in [-0.15, -0.1) is 0 Å². The summed E-state index contributed by atoms with van der Waals surface area (Å²) < 4.78 is 13.0. The van der Waals surface area contributed by atoms with Crippen LogP contribution in [0.3, 0.4) is 0 Å². The van der Waals surface area contributed by atoms with Crippen molar-refractivity contribution in [1.82, 2.24) is 9.55 Å². The summed E-state index contributed by atoms with van der Waals surface area (Å²) in [5.74, 6) is 2.74. The van der Waals surface area contributed by atoms with Gasteiger partial charge in [0, 0.05) is 36.8 Å². The van der Waals surface area contributed by atoms with Crippen molar-refractivity contribution < 1.29 is 9.47 Å². The number of aromatic nitrogens is 2. The fourth-order valence-electron chi connectivity index (χ4n) is 1.82. The summed E-state index contributed by atoms with van der Waals surface area (Å²) in [7, 11) is 3.65. The van der Waals surface area contributed by atoms with E-state index < -0.39 is 0 Å². The molecule has 0 spiro atoms. The third kappa shape index (κ3) is 3.50. The smallest absolute Gasteiger partial charge is 0.123 e.